The summed E-state index contributed by atoms with van der Waals surface area (Å²) in [6.45, 7) is 3.12. The van der Waals surface area contributed by atoms with Crippen LogP contribution in [0, 0.1) is 5.92 Å². The third kappa shape index (κ3) is 3.10. The summed E-state index contributed by atoms with van der Waals surface area (Å²) in [5.41, 5.74) is 0.422. The van der Waals surface area contributed by atoms with Gasteiger partial charge in [-0.1, -0.05) is 12.1 Å². The molecular formula is C15H16N2O4. The summed E-state index contributed by atoms with van der Waals surface area (Å²) < 4.78 is 0. The van der Waals surface area contributed by atoms with Crippen LogP contribution in [0.4, 0.5) is 0 Å². The molecule has 6 heteroatoms. The Kier molecular flexibility index (Phi) is 4.07. The van der Waals surface area contributed by atoms with E-state index in [-0.39, 0.29) is 11.1 Å². The fourth-order valence-electron chi connectivity index (χ4n) is 1.94. The van der Waals surface area contributed by atoms with Crippen LogP contribution in [0.15, 0.2) is 35.1 Å². The summed E-state index contributed by atoms with van der Waals surface area (Å²) in [6.07, 6.45) is 0. The van der Waals surface area contributed by atoms with E-state index in [2.05, 4.69) is 10.3 Å². The maximum Gasteiger partial charge on any atom is 0.308 e. The molecule has 1 amide bonds. The predicted molar refractivity (Wildman–Crippen MR) is 78.3 cm³/mol. The van der Waals surface area contributed by atoms with Crippen LogP contribution in [0.5, 0.6) is 0 Å². The number of hydrogen-bond acceptors (Lipinski definition) is 3. The maximum atomic E-state index is 12.1. The van der Waals surface area contributed by atoms with E-state index < -0.39 is 23.8 Å². The van der Waals surface area contributed by atoms with E-state index in [1.165, 1.54) is 13.0 Å². The highest BCUT2D eigenvalue weighted by atomic mass is 16.4. The molecule has 0 aliphatic carbocycles. The second kappa shape index (κ2) is 5.78. The van der Waals surface area contributed by atoms with Gasteiger partial charge in [-0.05, 0) is 26.0 Å². The molecule has 2 atom stereocenters. The lowest BCUT2D eigenvalue weighted by atomic mass is 10.0. The number of amides is 1. The molecule has 0 saturated carbocycles. The highest BCUT2D eigenvalue weighted by Gasteiger charge is 2.22. The van der Waals surface area contributed by atoms with Crippen molar-refractivity contribution in [1.29, 1.82) is 0 Å². The van der Waals surface area contributed by atoms with Crippen LogP contribution >= 0.6 is 0 Å². The molecule has 0 fully saturated rings. The molecule has 0 saturated heterocycles. The Balaban J connectivity index is 2.28. The van der Waals surface area contributed by atoms with Crippen molar-refractivity contribution in [3.05, 3.63) is 46.2 Å². The number of carbonyl (C=O) groups is 2. The Hall–Kier alpha value is -2.63. The van der Waals surface area contributed by atoms with E-state index in [0.29, 0.717) is 10.9 Å². The maximum absolute atomic E-state index is 12.1. The fourth-order valence-corrected chi connectivity index (χ4v) is 1.94. The zero-order valence-electron chi connectivity index (χ0n) is 11.7. The fraction of sp³-hybridized carbons (Fsp3) is 0.267. The van der Waals surface area contributed by atoms with Crippen molar-refractivity contribution in [3.63, 3.8) is 0 Å². The van der Waals surface area contributed by atoms with Gasteiger partial charge in [0, 0.05) is 23.0 Å². The van der Waals surface area contributed by atoms with E-state index >= 15 is 0 Å². The van der Waals surface area contributed by atoms with E-state index in [9.17, 15) is 14.4 Å². The van der Waals surface area contributed by atoms with Crippen LogP contribution in [0.25, 0.3) is 10.9 Å². The molecule has 1 aromatic heterocycles. The van der Waals surface area contributed by atoms with E-state index in [1.54, 1.807) is 31.2 Å². The van der Waals surface area contributed by atoms with Crippen LogP contribution in [0.1, 0.15) is 24.3 Å². The van der Waals surface area contributed by atoms with Gasteiger partial charge >= 0.3 is 5.97 Å². The van der Waals surface area contributed by atoms with Gasteiger partial charge in [0.25, 0.3) is 5.91 Å². The van der Waals surface area contributed by atoms with E-state index in [4.69, 9.17) is 5.11 Å². The molecular weight excluding hydrogens is 272 g/mol. The summed E-state index contributed by atoms with van der Waals surface area (Å²) in [6, 6.07) is 7.55. The number of hydrogen-bond donors (Lipinski definition) is 3. The van der Waals surface area contributed by atoms with Crippen molar-refractivity contribution in [1.82, 2.24) is 10.3 Å². The van der Waals surface area contributed by atoms with Gasteiger partial charge in [-0.15, -0.1) is 0 Å². The number of carbonyl (C=O) groups excluding carboxylic acids is 1. The zero-order chi connectivity index (χ0) is 15.6. The lowest BCUT2D eigenvalue weighted by molar-refractivity contribution is -0.141. The smallest absolute Gasteiger partial charge is 0.308 e. The van der Waals surface area contributed by atoms with Crippen molar-refractivity contribution in [2.75, 3.05) is 0 Å². The Morgan fingerprint density at radius 2 is 1.90 bits per heavy atom. The number of fused-ring (bicyclic) bond motifs is 1. The molecule has 0 spiro atoms. The Morgan fingerprint density at radius 1 is 1.24 bits per heavy atom. The average molecular weight is 288 g/mol. The Morgan fingerprint density at radius 3 is 2.57 bits per heavy atom. The first-order chi connectivity index (χ1) is 9.90. The first kappa shape index (κ1) is 14.8. The number of para-hydroxylation sites is 1. The van der Waals surface area contributed by atoms with Crippen molar-refractivity contribution >= 4 is 22.8 Å². The summed E-state index contributed by atoms with van der Waals surface area (Å²) in [4.78, 5) is 37.8. The minimum absolute atomic E-state index is 0.114. The normalized spacial score (nSPS) is 13.6. The van der Waals surface area contributed by atoms with Gasteiger partial charge in [-0.2, -0.15) is 0 Å². The summed E-state index contributed by atoms with van der Waals surface area (Å²) in [5.74, 6) is -2.21. The highest BCUT2D eigenvalue weighted by Crippen LogP contribution is 2.08. The monoisotopic (exact) mass is 288 g/mol. The summed E-state index contributed by atoms with van der Waals surface area (Å²) in [5, 5.41) is 12.0. The van der Waals surface area contributed by atoms with Crippen LogP contribution in [0.2, 0.25) is 0 Å². The number of pyridine rings is 1. The molecule has 21 heavy (non-hydrogen) atoms. The number of carboxylic acids is 1. The molecule has 0 bridgehead atoms. The van der Waals surface area contributed by atoms with E-state index in [1.807, 2.05) is 0 Å². The first-order valence-electron chi connectivity index (χ1n) is 6.56. The quantitative estimate of drug-likeness (QED) is 0.791. The number of nitrogens with one attached hydrogen (secondary N) is 2. The summed E-state index contributed by atoms with van der Waals surface area (Å²) >= 11 is 0. The second-order valence-corrected chi connectivity index (χ2v) is 4.98. The van der Waals surface area contributed by atoms with Crippen molar-refractivity contribution < 1.29 is 14.7 Å². The average Bonchev–Trinajstić information content (AvgIpc) is 2.46. The van der Waals surface area contributed by atoms with Crippen molar-refractivity contribution in [3.8, 4) is 0 Å². The number of aromatic amines is 1. The molecule has 1 heterocycles. The van der Waals surface area contributed by atoms with Gasteiger partial charge in [-0.3, -0.25) is 14.4 Å². The van der Waals surface area contributed by atoms with Gasteiger partial charge in [0.2, 0.25) is 0 Å². The first-order valence-corrected chi connectivity index (χ1v) is 6.56. The standard InChI is InChI=1S/C15H16N2O4/c1-8(15(20)21)9(2)16-14(19)12-7-13(18)10-5-3-4-6-11(10)17-12/h3-9H,1-2H3,(H,16,19)(H,17,18)(H,20,21). The van der Waals surface area contributed by atoms with Crippen LogP contribution in [-0.4, -0.2) is 28.0 Å². The predicted octanol–water partition coefficient (Wildman–Crippen LogP) is 1.37. The largest absolute Gasteiger partial charge is 0.481 e. The molecule has 3 N–H and O–H groups in total. The molecule has 0 radical (unpaired) electrons. The molecule has 2 rings (SSSR count). The van der Waals surface area contributed by atoms with Crippen LogP contribution in [-0.2, 0) is 4.79 Å². The van der Waals surface area contributed by atoms with Gasteiger partial charge in [0.1, 0.15) is 5.69 Å². The Bertz CT molecular complexity index is 751. The van der Waals surface area contributed by atoms with Crippen LogP contribution in [0.3, 0.4) is 0 Å². The number of rotatable bonds is 4. The third-order valence-electron chi connectivity index (χ3n) is 3.48. The van der Waals surface area contributed by atoms with Crippen LogP contribution < -0.4 is 10.7 Å². The lowest BCUT2D eigenvalue weighted by Gasteiger charge is -2.17. The number of aromatic nitrogens is 1. The topological polar surface area (TPSA) is 99.3 Å². The summed E-state index contributed by atoms with van der Waals surface area (Å²) in [7, 11) is 0. The van der Waals surface area contributed by atoms with Gasteiger partial charge < -0.3 is 15.4 Å². The number of H-pyrrole nitrogens is 1. The van der Waals surface area contributed by atoms with E-state index in [0.717, 1.165) is 0 Å². The van der Waals surface area contributed by atoms with Gasteiger partial charge in [-0.25, -0.2) is 0 Å². The molecule has 0 aliphatic heterocycles. The SMILES string of the molecule is CC(NC(=O)c1cc(=O)c2ccccc2[nH]1)C(C)C(=O)O. The number of benzene rings is 1. The molecule has 2 aromatic rings. The number of carboxylic acid groups (broad SMARTS) is 1. The molecule has 110 valence electrons. The molecule has 1 aromatic carbocycles. The molecule has 0 aliphatic rings. The minimum atomic E-state index is -0.991. The molecule has 6 nitrogen and oxygen atoms in total. The third-order valence-corrected chi connectivity index (χ3v) is 3.48. The second-order valence-electron chi connectivity index (χ2n) is 4.98. The lowest BCUT2D eigenvalue weighted by Crippen LogP contribution is -2.40. The minimum Gasteiger partial charge on any atom is -0.481 e. The van der Waals surface area contributed by atoms with Gasteiger partial charge in [0.15, 0.2) is 5.43 Å². The molecule has 2 unspecified atom stereocenters. The number of aliphatic carboxylic acids is 1. The highest BCUT2D eigenvalue weighted by molar-refractivity contribution is 5.95. The zero-order valence-corrected chi connectivity index (χ0v) is 11.7. The van der Waals surface area contributed by atoms with Crippen molar-refractivity contribution in [2.24, 2.45) is 5.92 Å². The Labute approximate surface area is 120 Å². The van der Waals surface area contributed by atoms with Gasteiger partial charge in [0.05, 0.1) is 5.92 Å². The van der Waals surface area contributed by atoms with Crippen molar-refractivity contribution in [2.45, 2.75) is 19.9 Å².